The van der Waals surface area contributed by atoms with E-state index in [2.05, 4.69) is 30.4 Å². The van der Waals surface area contributed by atoms with Crippen LogP contribution < -0.4 is 15.7 Å². The molecule has 0 aliphatic carbocycles. The van der Waals surface area contributed by atoms with Gasteiger partial charge in [-0.1, -0.05) is 31.2 Å². The Hall–Kier alpha value is -2.59. The number of ether oxygens (including phenoxy) is 1. The largest absolute Gasteiger partial charge is 0.497 e. The Bertz CT molecular complexity index is 897. The lowest BCUT2D eigenvalue weighted by Crippen LogP contribution is -2.18. The Balaban J connectivity index is 1.65. The van der Waals surface area contributed by atoms with E-state index < -0.39 is 0 Å². The molecule has 0 saturated heterocycles. The Morgan fingerprint density at radius 1 is 1.04 bits per heavy atom. The SMILES string of the molecule is CCc1ccc2c(CNCCc3ccc(OC)cc3)cc(=O)oc2c1. The van der Waals surface area contributed by atoms with Crippen molar-refractivity contribution in [3.05, 3.63) is 75.6 Å². The summed E-state index contributed by atoms with van der Waals surface area (Å²) in [6, 6.07) is 15.7. The van der Waals surface area contributed by atoms with E-state index in [1.54, 1.807) is 13.2 Å². The van der Waals surface area contributed by atoms with Crippen molar-refractivity contribution in [3.8, 4) is 5.75 Å². The van der Waals surface area contributed by atoms with E-state index in [0.29, 0.717) is 12.1 Å². The van der Waals surface area contributed by atoms with Crippen LogP contribution in [0.4, 0.5) is 0 Å². The Labute approximate surface area is 147 Å². The molecule has 1 aromatic heterocycles. The van der Waals surface area contributed by atoms with E-state index >= 15 is 0 Å². The second kappa shape index (κ2) is 7.99. The highest BCUT2D eigenvalue weighted by Gasteiger charge is 2.06. The summed E-state index contributed by atoms with van der Waals surface area (Å²) in [6.45, 7) is 3.56. The number of methoxy groups -OCH3 is 1. The van der Waals surface area contributed by atoms with Crippen molar-refractivity contribution < 1.29 is 9.15 Å². The maximum absolute atomic E-state index is 11.8. The summed E-state index contributed by atoms with van der Waals surface area (Å²) < 4.78 is 10.5. The fourth-order valence-electron chi connectivity index (χ4n) is 2.89. The highest BCUT2D eigenvalue weighted by atomic mass is 16.5. The first-order chi connectivity index (χ1) is 12.2. The fourth-order valence-corrected chi connectivity index (χ4v) is 2.89. The van der Waals surface area contributed by atoms with Crippen LogP contribution in [0.3, 0.4) is 0 Å². The molecule has 0 bridgehead atoms. The average molecular weight is 337 g/mol. The zero-order valence-corrected chi connectivity index (χ0v) is 14.7. The highest BCUT2D eigenvalue weighted by molar-refractivity contribution is 5.80. The number of hydrogen-bond donors (Lipinski definition) is 1. The molecule has 0 aliphatic rings. The van der Waals surface area contributed by atoms with Gasteiger partial charge >= 0.3 is 5.63 Å². The Kier molecular flexibility index (Phi) is 5.51. The minimum Gasteiger partial charge on any atom is -0.497 e. The van der Waals surface area contributed by atoms with E-state index in [-0.39, 0.29) is 5.63 Å². The Morgan fingerprint density at radius 2 is 1.80 bits per heavy atom. The molecule has 130 valence electrons. The molecule has 4 nitrogen and oxygen atoms in total. The lowest BCUT2D eigenvalue weighted by molar-refractivity contribution is 0.414. The lowest BCUT2D eigenvalue weighted by Gasteiger charge is -2.09. The molecule has 0 radical (unpaired) electrons. The molecule has 3 rings (SSSR count). The summed E-state index contributed by atoms with van der Waals surface area (Å²) in [5.74, 6) is 0.866. The molecule has 0 spiro atoms. The van der Waals surface area contributed by atoms with Gasteiger partial charge in [-0.2, -0.15) is 0 Å². The van der Waals surface area contributed by atoms with Crippen molar-refractivity contribution in [2.24, 2.45) is 0 Å². The van der Waals surface area contributed by atoms with E-state index in [4.69, 9.17) is 9.15 Å². The summed E-state index contributed by atoms with van der Waals surface area (Å²) in [5, 5.41) is 4.41. The highest BCUT2D eigenvalue weighted by Crippen LogP contribution is 2.19. The average Bonchev–Trinajstić information content (AvgIpc) is 2.64. The van der Waals surface area contributed by atoms with Crippen molar-refractivity contribution >= 4 is 11.0 Å². The van der Waals surface area contributed by atoms with Gasteiger partial charge in [0, 0.05) is 18.0 Å². The normalized spacial score (nSPS) is 11.0. The second-order valence-corrected chi connectivity index (χ2v) is 6.05. The molecule has 4 heteroatoms. The molecular weight excluding hydrogens is 314 g/mol. The molecule has 0 saturated carbocycles. The third-order valence-corrected chi connectivity index (χ3v) is 4.37. The van der Waals surface area contributed by atoms with Crippen LogP contribution in [0.2, 0.25) is 0 Å². The molecule has 1 N–H and O–H groups in total. The number of hydrogen-bond acceptors (Lipinski definition) is 4. The van der Waals surface area contributed by atoms with Gasteiger partial charge < -0.3 is 14.5 Å². The van der Waals surface area contributed by atoms with E-state index in [0.717, 1.165) is 36.1 Å². The smallest absolute Gasteiger partial charge is 0.336 e. The molecule has 1 heterocycles. The van der Waals surface area contributed by atoms with Crippen molar-refractivity contribution in [1.29, 1.82) is 0 Å². The van der Waals surface area contributed by atoms with Gasteiger partial charge in [0.25, 0.3) is 0 Å². The van der Waals surface area contributed by atoms with Crippen LogP contribution in [0, 0.1) is 0 Å². The molecule has 3 aromatic rings. The van der Waals surface area contributed by atoms with Crippen molar-refractivity contribution in [1.82, 2.24) is 5.32 Å². The second-order valence-electron chi connectivity index (χ2n) is 6.05. The Morgan fingerprint density at radius 3 is 2.52 bits per heavy atom. The molecule has 25 heavy (non-hydrogen) atoms. The van der Waals surface area contributed by atoms with Gasteiger partial charge in [0.1, 0.15) is 11.3 Å². The molecule has 0 atom stereocenters. The number of nitrogens with one attached hydrogen (secondary N) is 1. The summed E-state index contributed by atoms with van der Waals surface area (Å²) in [7, 11) is 1.67. The number of rotatable bonds is 7. The van der Waals surface area contributed by atoms with Gasteiger partial charge in [-0.3, -0.25) is 0 Å². The predicted molar refractivity (Wildman–Crippen MR) is 100 cm³/mol. The van der Waals surface area contributed by atoms with Gasteiger partial charge in [0.05, 0.1) is 7.11 Å². The standard InChI is InChI=1S/C21H23NO3/c1-3-15-6-9-19-17(13-21(23)25-20(19)12-15)14-22-11-10-16-4-7-18(24-2)8-5-16/h4-9,12-13,22H,3,10-11,14H2,1-2H3. The van der Waals surface area contributed by atoms with Crippen LogP contribution in [0.1, 0.15) is 23.6 Å². The third-order valence-electron chi connectivity index (χ3n) is 4.37. The summed E-state index contributed by atoms with van der Waals surface area (Å²) in [4.78, 5) is 11.8. The van der Waals surface area contributed by atoms with Crippen LogP contribution in [0.15, 0.2) is 57.7 Å². The summed E-state index contributed by atoms with van der Waals surface area (Å²) in [6.07, 6.45) is 1.84. The van der Waals surface area contributed by atoms with Crippen LogP contribution in [0.5, 0.6) is 5.75 Å². The van der Waals surface area contributed by atoms with Gasteiger partial charge in [-0.25, -0.2) is 4.79 Å². The fraction of sp³-hybridized carbons (Fsp3) is 0.286. The minimum absolute atomic E-state index is 0.298. The quantitative estimate of drug-likeness (QED) is 0.528. The first-order valence-electron chi connectivity index (χ1n) is 8.59. The molecule has 0 fully saturated rings. The van der Waals surface area contributed by atoms with Crippen LogP contribution in [-0.2, 0) is 19.4 Å². The number of fused-ring (bicyclic) bond motifs is 1. The lowest BCUT2D eigenvalue weighted by atomic mass is 10.1. The van der Waals surface area contributed by atoms with Gasteiger partial charge in [0.2, 0.25) is 0 Å². The molecule has 0 unspecified atom stereocenters. The van der Waals surface area contributed by atoms with E-state index in [9.17, 15) is 4.79 Å². The zero-order valence-electron chi connectivity index (χ0n) is 14.7. The topological polar surface area (TPSA) is 51.5 Å². The third kappa shape index (κ3) is 4.28. The maximum Gasteiger partial charge on any atom is 0.336 e. The summed E-state index contributed by atoms with van der Waals surface area (Å²) >= 11 is 0. The molecular formula is C21H23NO3. The maximum atomic E-state index is 11.8. The van der Waals surface area contributed by atoms with Crippen LogP contribution in [0.25, 0.3) is 11.0 Å². The first kappa shape index (κ1) is 17.2. The number of benzene rings is 2. The van der Waals surface area contributed by atoms with Gasteiger partial charge in [-0.05, 0) is 54.3 Å². The molecule has 2 aromatic carbocycles. The van der Waals surface area contributed by atoms with Gasteiger partial charge in [0.15, 0.2) is 0 Å². The first-order valence-corrected chi connectivity index (χ1v) is 8.59. The van der Waals surface area contributed by atoms with Crippen molar-refractivity contribution in [2.45, 2.75) is 26.3 Å². The van der Waals surface area contributed by atoms with Crippen molar-refractivity contribution in [3.63, 3.8) is 0 Å². The predicted octanol–water partition coefficient (Wildman–Crippen LogP) is 3.70. The zero-order chi connectivity index (χ0) is 17.6. The summed E-state index contributed by atoms with van der Waals surface area (Å²) in [5.41, 5.74) is 3.76. The van der Waals surface area contributed by atoms with Crippen LogP contribution in [-0.4, -0.2) is 13.7 Å². The van der Waals surface area contributed by atoms with E-state index in [1.165, 1.54) is 11.1 Å². The number of aryl methyl sites for hydroxylation is 1. The minimum atomic E-state index is -0.298. The van der Waals surface area contributed by atoms with E-state index in [1.807, 2.05) is 24.3 Å². The molecule has 0 amide bonds. The van der Waals surface area contributed by atoms with Crippen molar-refractivity contribution in [2.75, 3.05) is 13.7 Å². The molecule has 0 aliphatic heterocycles. The monoisotopic (exact) mass is 337 g/mol. The van der Waals surface area contributed by atoms with Gasteiger partial charge in [-0.15, -0.1) is 0 Å². The van der Waals surface area contributed by atoms with Crippen LogP contribution >= 0.6 is 0 Å².